The molecule has 100 valence electrons. The predicted molar refractivity (Wildman–Crippen MR) is 64.1 cm³/mol. The molecule has 0 radical (unpaired) electrons. The number of fused-ring (bicyclic) bond motifs is 1. The molecule has 3 rings (SSSR count). The van der Waals surface area contributed by atoms with Gasteiger partial charge < -0.3 is 5.73 Å². The zero-order valence-electron chi connectivity index (χ0n) is 10.0. The van der Waals surface area contributed by atoms with E-state index in [2.05, 4.69) is 0 Å². The van der Waals surface area contributed by atoms with Crippen LogP contribution in [0.4, 0.5) is 20.2 Å². The normalized spacial score (nSPS) is 26.1. The molecular formula is C13H12F2N2O2. The highest BCUT2D eigenvalue weighted by atomic mass is 19.2. The van der Waals surface area contributed by atoms with E-state index in [1.165, 1.54) is 0 Å². The Bertz CT molecular complexity index is 566. The molecule has 0 spiro atoms. The number of halogens is 2. The maximum absolute atomic E-state index is 13.8. The van der Waals surface area contributed by atoms with E-state index in [1.807, 2.05) is 0 Å². The van der Waals surface area contributed by atoms with Crippen LogP contribution in [-0.4, -0.2) is 11.8 Å². The minimum Gasteiger partial charge on any atom is -0.397 e. The van der Waals surface area contributed by atoms with Gasteiger partial charge >= 0.3 is 0 Å². The molecule has 1 aliphatic carbocycles. The maximum atomic E-state index is 13.8. The standard InChI is InChI=1S/C13H12F2N2O2/c14-8-4-5-9(16)11(10(8)15)17-12(18)6-2-1-3-7(6)13(17)19/h4-7H,1-3,16H2. The van der Waals surface area contributed by atoms with Crippen LogP contribution in [0.15, 0.2) is 12.1 Å². The van der Waals surface area contributed by atoms with Crippen molar-refractivity contribution in [2.75, 3.05) is 10.6 Å². The van der Waals surface area contributed by atoms with Gasteiger partial charge in [0.2, 0.25) is 11.8 Å². The molecule has 6 heteroatoms. The van der Waals surface area contributed by atoms with Gasteiger partial charge in [-0.2, -0.15) is 0 Å². The molecule has 19 heavy (non-hydrogen) atoms. The third-order valence-corrected chi connectivity index (χ3v) is 3.91. The first kappa shape index (κ1) is 12.1. The van der Waals surface area contributed by atoms with Crippen molar-refractivity contribution in [1.82, 2.24) is 0 Å². The average molecular weight is 266 g/mol. The second-order valence-electron chi connectivity index (χ2n) is 4.95. The topological polar surface area (TPSA) is 63.4 Å². The van der Waals surface area contributed by atoms with Gasteiger partial charge in [0.25, 0.3) is 0 Å². The number of rotatable bonds is 1. The number of hydrogen-bond donors (Lipinski definition) is 1. The summed E-state index contributed by atoms with van der Waals surface area (Å²) in [6.07, 6.45) is 2.03. The van der Waals surface area contributed by atoms with Crippen LogP contribution < -0.4 is 10.6 Å². The summed E-state index contributed by atoms with van der Waals surface area (Å²) in [6.45, 7) is 0. The quantitative estimate of drug-likeness (QED) is 0.623. The van der Waals surface area contributed by atoms with Gasteiger partial charge in [0, 0.05) is 0 Å². The van der Waals surface area contributed by atoms with E-state index in [0.717, 1.165) is 23.5 Å². The highest BCUT2D eigenvalue weighted by Crippen LogP contribution is 2.43. The van der Waals surface area contributed by atoms with Gasteiger partial charge in [0.15, 0.2) is 11.6 Å². The summed E-state index contributed by atoms with van der Waals surface area (Å²) in [7, 11) is 0. The van der Waals surface area contributed by atoms with E-state index < -0.39 is 41.0 Å². The second kappa shape index (κ2) is 4.01. The van der Waals surface area contributed by atoms with E-state index in [9.17, 15) is 18.4 Å². The van der Waals surface area contributed by atoms with Gasteiger partial charge in [-0.25, -0.2) is 13.7 Å². The monoisotopic (exact) mass is 266 g/mol. The summed E-state index contributed by atoms with van der Waals surface area (Å²) in [5.41, 5.74) is 5.04. The third-order valence-electron chi connectivity index (χ3n) is 3.91. The lowest BCUT2D eigenvalue weighted by Gasteiger charge is -2.18. The van der Waals surface area contributed by atoms with Crippen LogP contribution in [-0.2, 0) is 9.59 Å². The van der Waals surface area contributed by atoms with Crippen LogP contribution in [0.5, 0.6) is 0 Å². The van der Waals surface area contributed by atoms with E-state index in [-0.39, 0.29) is 5.69 Å². The predicted octanol–water partition coefficient (Wildman–Crippen LogP) is 1.84. The number of carbonyl (C=O) groups is 2. The third kappa shape index (κ3) is 1.55. The molecule has 2 unspecified atom stereocenters. The molecule has 1 heterocycles. The average Bonchev–Trinajstić information content (AvgIpc) is 2.94. The second-order valence-corrected chi connectivity index (χ2v) is 4.95. The van der Waals surface area contributed by atoms with Crippen molar-refractivity contribution in [2.24, 2.45) is 11.8 Å². The van der Waals surface area contributed by atoms with Crippen LogP contribution in [0.2, 0.25) is 0 Å². The fourth-order valence-electron chi connectivity index (χ4n) is 2.99. The van der Waals surface area contributed by atoms with E-state index >= 15 is 0 Å². The number of amides is 2. The zero-order chi connectivity index (χ0) is 13.7. The summed E-state index contributed by atoms with van der Waals surface area (Å²) in [4.78, 5) is 25.1. The Kier molecular flexibility index (Phi) is 2.55. The van der Waals surface area contributed by atoms with Crippen LogP contribution in [0.25, 0.3) is 0 Å². The maximum Gasteiger partial charge on any atom is 0.237 e. The summed E-state index contributed by atoms with van der Waals surface area (Å²) >= 11 is 0. The molecular weight excluding hydrogens is 254 g/mol. The zero-order valence-corrected chi connectivity index (χ0v) is 10.0. The number of anilines is 2. The Balaban J connectivity index is 2.11. The number of benzene rings is 1. The van der Waals surface area contributed by atoms with E-state index in [4.69, 9.17) is 5.73 Å². The molecule has 4 nitrogen and oxygen atoms in total. The molecule has 1 aromatic carbocycles. The number of nitrogens with zero attached hydrogens (tertiary/aromatic N) is 1. The SMILES string of the molecule is Nc1ccc(F)c(F)c1N1C(=O)C2CCCC2C1=O. The Hall–Kier alpha value is -1.98. The fraction of sp³-hybridized carbons (Fsp3) is 0.385. The molecule has 1 saturated heterocycles. The lowest BCUT2D eigenvalue weighted by molar-refractivity contribution is -0.122. The molecule has 2 aliphatic rings. The first-order valence-electron chi connectivity index (χ1n) is 6.13. The van der Waals surface area contributed by atoms with Crippen LogP contribution in [0.1, 0.15) is 19.3 Å². The van der Waals surface area contributed by atoms with Crippen LogP contribution >= 0.6 is 0 Å². The Morgan fingerprint density at radius 1 is 1.11 bits per heavy atom. The first-order chi connectivity index (χ1) is 9.02. The summed E-state index contributed by atoms with van der Waals surface area (Å²) in [6, 6.07) is 2.03. The smallest absolute Gasteiger partial charge is 0.237 e. The highest BCUT2D eigenvalue weighted by Gasteiger charge is 2.51. The van der Waals surface area contributed by atoms with E-state index in [1.54, 1.807) is 0 Å². The van der Waals surface area contributed by atoms with Crippen LogP contribution in [0.3, 0.4) is 0 Å². The van der Waals surface area contributed by atoms with Crippen molar-refractivity contribution in [2.45, 2.75) is 19.3 Å². The van der Waals surface area contributed by atoms with Gasteiger partial charge in [0.1, 0.15) is 5.69 Å². The number of hydrogen-bond acceptors (Lipinski definition) is 3. The number of carbonyl (C=O) groups excluding carboxylic acids is 2. The van der Waals surface area contributed by atoms with E-state index in [0.29, 0.717) is 12.8 Å². The van der Waals surface area contributed by atoms with Crippen molar-refractivity contribution in [3.63, 3.8) is 0 Å². The molecule has 2 atom stereocenters. The lowest BCUT2D eigenvalue weighted by Crippen LogP contribution is -2.33. The van der Waals surface area contributed by atoms with Gasteiger partial charge in [-0.3, -0.25) is 9.59 Å². The summed E-state index contributed by atoms with van der Waals surface area (Å²) in [5, 5.41) is 0. The van der Waals surface area contributed by atoms with Crippen molar-refractivity contribution in [3.05, 3.63) is 23.8 Å². The van der Waals surface area contributed by atoms with Gasteiger partial charge in [0.05, 0.1) is 17.5 Å². The Morgan fingerprint density at radius 3 is 2.26 bits per heavy atom. The Morgan fingerprint density at radius 2 is 1.68 bits per heavy atom. The Labute approximate surface area is 108 Å². The van der Waals surface area contributed by atoms with Crippen molar-refractivity contribution in [3.8, 4) is 0 Å². The van der Waals surface area contributed by atoms with Gasteiger partial charge in [-0.05, 0) is 25.0 Å². The lowest BCUT2D eigenvalue weighted by atomic mass is 10.00. The van der Waals surface area contributed by atoms with Gasteiger partial charge in [-0.15, -0.1) is 0 Å². The van der Waals surface area contributed by atoms with Crippen molar-refractivity contribution >= 4 is 23.2 Å². The minimum atomic E-state index is -1.25. The first-order valence-corrected chi connectivity index (χ1v) is 6.13. The minimum absolute atomic E-state index is 0.111. The highest BCUT2D eigenvalue weighted by molar-refractivity contribution is 6.23. The fourth-order valence-corrected chi connectivity index (χ4v) is 2.99. The van der Waals surface area contributed by atoms with Crippen molar-refractivity contribution < 1.29 is 18.4 Å². The largest absolute Gasteiger partial charge is 0.397 e. The molecule has 0 bridgehead atoms. The molecule has 0 aromatic heterocycles. The van der Waals surface area contributed by atoms with Crippen LogP contribution in [0, 0.1) is 23.5 Å². The molecule has 2 N–H and O–H groups in total. The van der Waals surface area contributed by atoms with Gasteiger partial charge in [-0.1, -0.05) is 6.42 Å². The summed E-state index contributed by atoms with van der Waals surface area (Å²) in [5.74, 6) is -4.12. The molecule has 2 fully saturated rings. The number of nitrogens with two attached hydrogens (primary N) is 1. The molecule has 2 amide bonds. The molecule has 1 aromatic rings. The summed E-state index contributed by atoms with van der Waals surface area (Å²) < 4.78 is 27.1. The number of imide groups is 1. The molecule has 1 aliphatic heterocycles. The number of nitrogen functional groups attached to an aromatic ring is 1. The molecule has 1 saturated carbocycles. The van der Waals surface area contributed by atoms with Crippen molar-refractivity contribution in [1.29, 1.82) is 0 Å².